The topological polar surface area (TPSA) is 47.4 Å². The summed E-state index contributed by atoms with van der Waals surface area (Å²) in [6.45, 7) is 4.48. The van der Waals surface area contributed by atoms with Crippen LogP contribution in [0.25, 0.3) is 10.1 Å². The molecule has 152 valence electrons. The molecule has 2 aromatic heterocycles. The van der Waals surface area contributed by atoms with Crippen LogP contribution in [0.2, 0.25) is 0 Å². The second-order valence-electron chi connectivity index (χ2n) is 6.78. The van der Waals surface area contributed by atoms with E-state index < -0.39 is 11.7 Å². The molecule has 0 aliphatic carbocycles. The monoisotopic (exact) mass is 421 g/mol. The number of hydrogen-bond acceptors (Lipinski definition) is 4. The summed E-state index contributed by atoms with van der Waals surface area (Å²) in [6.07, 6.45) is -0.0164. The number of carbonyl (C=O) groups is 1. The number of carbonyl (C=O) groups excluding carboxylic acids is 1. The van der Waals surface area contributed by atoms with Gasteiger partial charge in [-0.05, 0) is 30.3 Å². The van der Waals surface area contributed by atoms with Gasteiger partial charge in [-0.15, -0.1) is 11.3 Å². The molecule has 1 fully saturated rings. The Hall–Kier alpha value is -2.65. The molecule has 0 saturated carbocycles. The number of rotatable bonds is 5. The van der Waals surface area contributed by atoms with Gasteiger partial charge in [-0.1, -0.05) is 12.6 Å². The van der Waals surface area contributed by atoms with Crippen molar-refractivity contribution in [2.24, 2.45) is 0 Å². The van der Waals surface area contributed by atoms with Crippen molar-refractivity contribution in [2.45, 2.75) is 24.9 Å². The summed E-state index contributed by atoms with van der Waals surface area (Å²) >= 11 is 1.28. The molecule has 0 bridgehead atoms. The highest BCUT2D eigenvalue weighted by Crippen LogP contribution is 2.38. The van der Waals surface area contributed by atoms with Crippen molar-refractivity contribution in [3.8, 4) is 0 Å². The highest BCUT2D eigenvalue weighted by molar-refractivity contribution is 7.19. The van der Waals surface area contributed by atoms with E-state index in [0.717, 1.165) is 6.07 Å². The van der Waals surface area contributed by atoms with Crippen molar-refractivity contribution in [2.75, 3.05) is 13.1 Å². The van der Waals surface area contributed by atoms with Gasteiger partial charge in [0.25, 0.3) is 0 Å². The van der Waals surface area contributed by atoms with Gasteiger partial charge >= 0.3 is 6.18 Å². The lowest BCUT2D eigenvalue weighted by Crippen LogP contribution is -2.28. The van der Waals surface area contributed by atoms with Gasteiger partial charge in [0.2, 0.25) is 5.91 Å². The van der Waals surface area contributed by atoms with Crippen LogP contribution in [-0.2, 0) is 22.3 Å². The van der Waals surface area contributed by atoms with E-state index in [1.807, 2.05) is 0 Å². The maximum absolute atomic E-state index is 13.2. The number of fused-ring (bicyclic) bond motifs is 1. The predicted molar refractivity (Wildman–Crippen MR) is 103 cm³/mol. The van der Waals surface area contributed by atoms with Gasteiger partial charge in [0.1, 0.15) is 0 Å². The van der Waals surface area contributed by atoms with E-state index in [2.05, 4.69) is 11.7 Å². The molecule has 0 unspecified atom stereocenters. The number of hydrogen-bond donors (Lipinski definition) is 0. The predicted octanol–water partition coefficient (Wildman–Crippen LogP) is 4.27. The Labute approximate surface area is 169 Å². The van der Waals surface area contributed by atoms with E-state index >= 15 is 0 Å². The average Bonchev–Trinajstić information content (AvgIpc) is 3.42. The Bertz CT molecular complexity index is 1030. The minimum Gasteiger partial charge on any atom is -0.369 e. The molecule has 2 atom stereocenters. The Morgan fingerprint density at radius 1 is 1.34 bits per heavy atom. The number of halogens is 3. The van der Waals surface area contributed by atoms with Crippen LogP contribution >= 0.6 is 11.3 Å². The van der Waals surface area contributed by atoms with Gasteiger partial charge in [0.05, 0.1) is 24.3 Å². The second kappa shape index (κ2) is 7.64. The highest BCUT2D eigenvalue weighted by Gasteiger charge is 2.37. The molecule has 29 heavy (non-hydrogen) atoms. The van der Waals surface area contributed by atoms with Crippen molar-refractivity contribution in [3.05, 3.63) is 65.8 Å². The molecule has 0 radical (unpaired) electrons. The molecular weight excluding hydrogens is 403 g/mol. The van der Waals surface area contributed by atoms with Crippen LogP contribution in [0.15, 0.2) is 55.4 Å². The maximum atomic E-state index is 13.2. The Kier molecular flexibility index (Phi) is 5.18. The molecular formula is C20H18F3N3O2S. The normalized spacial score (nSPS) is 19.8. The van der Waals surface area contributed by atoms with Crippen LogP contribution < -0.4 is 0 Å². The zero-order valence-corrected chi connectivity index (χ0v) is 16.1. The Balaban J connectivity index is 1.54. The molecule has 3 heterocycles. The number of thiophene rings is 1. The van der Waals surface area contributed by atoms with Crippen LogP contribution in [-0.4, -0.2) is 39.8 Å². The van der Waals surface area contributed by atoms with Crippen LogP contribution in [0.3, 0.4) is 0 Å². The van der Waals surface area contributed by atoms with E-state index in [0.29, 0.717) is 22.7 Å². The molecule has 4 rings (SSSR count). The number of amides is 1. The fraction of sp³-hybridized carbons (Fsp3) is 0.300. The third-order valence-electron chi connectivity index (χ3n) is 4.95. The third kappa shape index (κ3) is 3.92. The first-order valence-electron chi connectivity index (χ1n) is 8.97. The first-order chi connectivity index (χ1) is 13.9. The molecule has 0 spiro atoms. The molecule has 9 heteroatoms. The summed E-state index contributed by atoms with van der Waals surface area (Å²) in [5, 5.41) is 4.43. The number of benzene rings is 1. The number of nitrogens with zero attached hydrogens (tertiary/aromatic N) is 3. The van der Waals surface area contributed by atoms with Crippen LogP contribution in [0, 0.1) is 0 Å². The quantitative estimate of drug-likeness (QED) is 0.578. The van der Waals surface area contributed by atoms with Gasteiger partial charge in [0, 0.05) is 40.4 Å². The lowest BCUT2D eigenvalue weighted by molar-refractivity contribution is -0.136. The minimum absolute atomic E-state index is 0.162. The molecule has 5 nitrogen and oxygen atoms in total. The largest absolute Gasteiger partial charge is 0.417 e. The number of alkyl halides is 3. The minimum atomic E-state index is -4.40. The lowest BCUT2D eigenvalue weighted by Gasteiger charge is -2.18. The summed E-state index contributed by atoms with van der Waals surface area (Å²) in [5.74, 6) is -0.190. The second-order valence-corrected chi connectivity index (χ2v) is 7.95. The smallest absolute Gasteiger partial charge is 0.369 e. The number of likely N-dealkylation sites (tertiary alicyclic amines) is 1. The fourth-order valence-electron chi connectivity index (χ4n) is 3.58. The number of ether oxygens (including phenoxy) is 1. The van der Waals surface area contributed by atoms with Crippen LogP contribution in [0.1, 0.15) is 16.5 Å². The van der Waals surface area contributed by atoms with E-state index in [9.17, 15) is 18.0 Å². The lowest BCUT2D eigenvalue weighted by atomic mass is 10.1. The fourth-order valence-corrected chi connectivity index (χ4v) is 4.59. The zero-order valence-electron chi connectivity index (χ0n) is 15.3. The van der Waals surface area contributed by atoms with E-state index in [-0.39, 0.29) is 30.0 Å². The average molecular weight is 421 g/mol. The van der Waals surface area contributed by atoms with Crippen LogP contribution in [0.5, 0.6) is 0 Å². The zero-order chi connectivity index (χ0) is 20.6. The summed E-state index contributed by atoms with van der Waals surface area (Å²) in [4.78, 5) is 14.4. The Morgan fingerprint density at radius 3 is 2.86 bits per heavy atom. The summed E-state index contributed by atoms with van der Waals surface area (Å²) in [5.41, 5.74) is -0.643. The van der Waals surface area contributed by atoms with Gasteiger partial charge in [-0.25, -0.2) is 0 Å². The van der Waals surface area contributed by atoms with E-state index in [1.165, 1.54) is 29.5 Å². The van der Waals surface area contributed by atoms with Crippen molar-refractivity contribution in [1.29, 1.82) is 0 Å². The molecule has 1 saturated heterocycles. The van der Waals surface area contributed by atoms with E-state index in [1.54, 1.807) is 34.1 Å². The summed E-state index contributed by atoms with van der Waals surface area (Å²) in [6, 6.07) is 7.33. The Morgan fingerprint density at radius 2 is 2.17 bits per heavy atom. The van der Waals surface area contributed by atoms with Crippen molar-refractivity contribution >= 4 is 27.3 Å². The number of aromatic nitrogens is 2. The first kappa shape index (κ1) is 19.7. The van der Waals surface area contributed by atoms with Crippen LogP contribution in [0.4, 0.5) is 13.2 Å². The summed E-state index contributed by atoms with van der Waals surface area (Å²) < 4.78 is 48.1. The standard InChI is InChI=1S/C20H18F3N3O2S/c1-2-19(27)25-10-16(26-8-4-7-24-26)17(11-25)28-12-13-9-14-15(20(21,22)23)5-3-6-18(14)29-13/h2-9,16-17H,1,10-12H2/t16-,17-/m1/s1. The maximum Gasteiger partial charge on any atom is 0.417 e. The van der Waals surface area contributed by atoms with E-state index in [4.69, 9.17) is 4.74 Å². The van der Waals surface area contributed by atoms with Crippen molar-refractivity contribution in [3.63, 3.8) is 0 Å². The molecule has 1 aliphatic rings. The molecule has 0 N–H and O–H groups in total. The van der Waals surface area contributed by atoms with Gasteiger partial charge < -0.3 is 9.64 Å². The summed E-state index contributed by atoms with van der Waals surface area (Å²) in [7, 11) is 0. The van der Waals surface area contributed by atoms with Gasteiger partial charge in [0.15, 0.2) is 0 Å². The highest BCUT2D eigenvalue weighted by atomic mass is 32.1. The third-order valence-corrected chi connectivity index (χ3v) is 6.02. The van der Waals surface area contributed by atoms with Crippen molar-refractivity contribution in [1.82, 2.24) is 14.7 Å². The molecule has 1 amide bonds. The molecule has 1 aliphatic heterocycles. The van der Waals surface area contributed by atoms with Gasteiger partial charge in [-0.3, -0.25) is 9.48 Å². The van der Waals surface area contributed by atoms with Gasteiger partial charge in [-0.2, -0.15) is 18.3 Å². The SMILES string of the molecule is C=CC(=O)N1C[C@@H](n2cccn2)[C@H](OCc2cc3c(C(F)(F)F)cccc3s2)C1. The van der Waals surface area contributed by atoms with Crippen molar-refractivity contribution < 1.29 is 22.7 Å². The first-order valence-corrected chi connectivity index (χ1v) is 9.79. The molecule has 3 aromatic rings. The molecule has 1 aromatic carbocycles.